The fourth-order valence-electron chi connectivity index (χ4n) is 1.60. The Morgan fingerprint density at radius 2 is 2.11 bits per heavy atom. The highest BCUT2D eigenvalue weighted by atomic mass is 79.9. The van der Waals surface area contributed by atoms with E-state index in [9.17, 15) is 8.42 Å². The molecule has 1 atom stereocenters. The number of sulfone groups is 1. The summed E-state index contributed by atoms with van der Waals surface area (Å²) in [5, 5.41) is 3.16. The van der Waals surface area contributed by atoms with E-state index in [1.807, 2.05) is 25.1 Å². The second kappa shape index (κ2) is 6.43. The molecule has 1 aromatic rings. The summed E-state index contributed by atoms with van der Waals surface area (Å²) in [5.74, 6) is 0.965. The van der Waals surface area contributed by atoms with Gasteiger partial charge in [-0.25, -0.2) is 8.42 Å². The molecule has 0 bridgehead atoms. The van der Waals surface area contributed by atoms with Crippen molar-refractivity contribution >= 4 is 31.5 Å². The molecule has 1 rings (SSSR count). The molecule has 0 saturated heterocycles. The van der Waals surface area contributed by atoms with Gasteiger partial charge in [-0.05, 0) is 25.1 Å². The molecule has 0 radical (unpaired) electrons. The molecular weight excluding hydrogens is 318 g/mol. The molecule has 0 aliphatic carbocycles. The van der Waals surface area contributed by atoms with Gasteiger partial charge in [0, 0.05) is 16.3 Å². The first-order valence-corrected chi connectivity index (χ1v) is 8.30. The van der Waals surface area contributed by atoms with Crippen LogP contribution in [0.5, 0.6) is 5.75 Å². The minimum atomic E-state index is -2.98. The molecule has 0 saturated carbocycles. The van der Waals surface area contributed by atoms with Gasteiger partial charge in [-0.2, -0.15) is 0 Å². The van der Waals surface area contributed by atoms with Crippen LogP contribution in [-0.2, 0) is 9.84 Å². The minimum absolute atomic E-state index is 0.110. The van der Waals surface area contributed by atoms with Crippen LogP contribution in [0.4, 0.5) is 5.69 Å². The Kier molecular flexibility index (Phi) is 5.47. The summed E-state index contributed by atoms with van der Waals surface area (Å²) in [6.45, 7) is 3.50. The topological polar surface area (TPSA) is 55.4 Å². The molecule has 0 spiro atoms. The summed E-state index contributed by atoms with van der Waals surface area (Å²) in [5.41, 5.74) is 0.783. The van der Waals surface area contributed by atoms with Crippen molar-refractivity contribution < 1.29 is 13.2 Å². The highest BCUT2D eigenvalue weighted by Crippen LogP contribution is 2.28. The van der Waals surface area contributed by atoms with Crippen molar-refractivity contribution in [3.8, 4) is 5.75 Å². The molecule has 0 aromatic heterocycles. The van der Waals surface area contributed by atoms with Crippen molar-refractivity contribution in [1.29, 1.82) is 0 Å². The summed E-state index contributed by atoms with van der Waals surface area (Å²) in [7, 11) is -1.40. The van der Waals surface area contributed by atoms with Gasteiger partial charge in [0.25, 0.3) is 0 Å². The number of benzene rings is 1. The van der Waals surface area contributed by atoms with Crippen molar-refractivity contribution in [2.75, 3.05) is 23.9 Å². The number of halogens is 1. The van der Waals surface area contributed by atoms with Crippen LogP contribution >= 0.6 is 15.9 Å². The molecule has 0 fully saturated rings. The van der Waals surface area contributed by atoms with Crippen molar-refractivity contribution in [2.45, 2.75) is 19.9 Å². The largest absolute Gasteiger partial charge is 0.495 e. The summed E-state index contributed by atoms with van der Waals surface area (Å²) >= 11 is 3.38. The second-order valence-corrected chi connectivity index (χ2v) is 7.40. The highest BCUT2D eigenvalue weighted by molar-refractivity contribution is 9.10. The molecule has 0 heterocycles. The van der Waals surface area contributed by atoms with E-state index in [2.05, 4.69) is 21.2 Å². The van der Waals surface area contributed by atoms with E-state index < -0.39 is 9.84 Å². The van der Waals surface area contributed by atoms with Crippen LogP contribution in [-0.4, -0.2) is 33.1 Å². The minimum Gasteiger partial charge on any atom is -0.495 e. The Balaban J connectivity index is 2.81. The zero-order valence-electron chi connectivity index (χ0n) is 10.7. The first-order valence-electron chi connectivity index (χ1n) is 5.68. The monoisotopic (exact) mass is 335 g/mol. The Morgan fingerprint density at radius 1 is 1.44 bits per heavy atom. The predicted octanol–water partition coefficient (Wildman–Crippen LogP) is 2.69. The van der Waals surface area contributed by atoms with Gasteiger partial charge in [0.1, 0.15) is 5.75 Å². The maximum absolute atomic E-state index is 11.5. The number of hydrogen-bond acceptors (Lipinski definition) is 4. The zero-order chi connectivity index (χ0) is 13.8. The molecule has 1 N–H and O–H groups in total. The van der Waals surface area contributed by atoms with E-state index in [0.29, 0.717) is 5.75 Å². The first-order chi connectivity index (χ1) is 8.38. The number of nitrogens with one attached hydrogen (secondary N) is 1. The number of hydrogen-bond donors (Lipinski definition) is 1. The van der Waals surface area contributed by atoms with Crippen LogP contribution in [0.15, 0.2) is 22.7 Å². The molecule has 0 aliphatic rings. The van der Waals surface area contributed by atoms with Gasteiger partial charge in [0.05, 0.1) is 18.6 Å². The second-order valence-electron chi connectivity index (χ2n) is 4.09. The average Bonchev–Trinajstić information content (AvgIpc) is 2.28. The van der Waals surface area contributed by atoms with Crippen LogP contribution in [0.2, 0.25) is 0 Å². The number of rotatable bonds is 6. The number of methoxy groups -OCH3 is 1. The summed E-state index contributed by atoms with van der Waals surface area (Å²) < 4.78 is 29.2. The van der Waals surface area contributed by atoms with Gasteiger partial charge in [0.15, 0.2) is 9.84 Å². The van der Waals surface area contributed by atoms with Crippen LogP contribution in [0.3, 0.4) is 0 Å². The van der Waals surface area contributed by atoms with Crippen molar-refractivity contribution in [2.24, 2.45) is 0 Å². The third-order valence-electron chi connectivity index (χ3n) is 2.51. The average molecular weight is 336 g/mol. The van der Waals surface area contributed by atoms with E-state index in [4.69, 9.17) is 4.74 Å². The lowest BCUT2D eigenvalue weighted by atomic mass is 10.2. The van der Waals surface area contributed by atoms with Gasteiger partial charge in [-0.3, -0.25) is 0 Å². The Hall–Kier alpha value is -0.750. The van der Waals surface area contributed by atoms with Crippen molar-refractivity contribution in [3.05, 3.63) is 22.7 Å². The van der Waals surface area contributed by atoms with Crippen LogP contribution in [0, 0.1) is 0 Å². The number of ether oxygens (including phenoxy) is 1. The van der Waals surface area contributed by atoms with Crippen molar-refractivity contribution in [3.63, 3.8) is 0 Å². The lowest BCUT2D eigenvalue weighted by Crippen LogP contribution is -2.26. The number of anilines is 1. The maximum atomic E-state index is 11.5. The van der Waals surface area contributed by atoms with Crippen LogP contribution < -0.4 is 10.1 Å². The molecule has 0 amide bonds. The third-order valence-corrected chi connectivity index (χ3v) is 4.89. The van der Waals surface area contributed by atoms with Gasteiger partial charge in [-0.1, -0.05) is 22.9 Å². The van der Waals surface area contributed by atoms with Crippen LogP contribution in [0.1, 0.15) is 13.8 Å². The van der Waals surface area contributed by atoms with Gasteiger partial charge < -0.3 is 10.1 Å². The lowest BCUT2D eigenvalue weighted by molar-refractivity contribution is 0.416. The molecule has 18 heavy (non-hydrogen) atoms. The molecule has 4 nitrogen and oxygen atoms in total. The summed E-state index contributed by atoms with van der Waals surface area (Å²) in [6, 6.07) is 5.40. The highest BCUT2D eigenvalue weighted by Gasteiger charge is 2.15. The van der Waals surface area contributed by atoms with E-state index in [1.165, 1.54) is 0 Å². The molecule has 102 valence electrons. The normalized spacial score (nSPS) is 13.1. The quantitative estimate of drug-likeness (QED) is 0.868. The van der Waals surface area contributed by atoms with Crippen LogP contribution in [0.25, 0.3) is 0 Å². The lowest BCUT2D eigenvalue weighted by Gasteiger charge is -2.17. The Labute approximate surface area is 117 Å². The Morgan fingerprint density at radius 3 is 2.67 bits per heavy atom. The van der Waals surface area contributed by atoms with Crippen molar-refractivity contribution in [1.82, 2.24) is 0 Å². The standard InChI is InChI=1S/C12H18BrNO3S/c1-4-18(15,16)8-9(2)14-11-7-10(13)5-6-12(11)17-3/h5-7,9,14H,4,8H2,1-3H3. The molecular formula is C12H18BrNO3S. The van der Waals surface area contributed by atoms with E-state index in [1.54, 1.807) is 14.0 Å². The molecule has 0 aliphatic heterocycles. The third kappa shape index (κ3) is 4.49. The SMILES string of the molecule is CCS(=O)(=O)CC(C)Nc1cc(Br)ccc1OC. The van der Waals surface area contributed by atoms with E-state index in [0.717, 1.165) is 10.2 Å². The maximum Gasteiger partial charge on any atom is 0.152 e. The fourth-order valence-corrected chi connectivity index (χ4v) is 3.04. The van der Waals surface area contributed by atoms with Gasteiger partial charge in [-0.15, -0.1) is 0 Å². The Bertz CT molecular complexity index is 502. The fraction of sp³-hybridized carbons (Fsp3) is 0.500. The summed E-state index contributed by atoms with van der Waals surface area (Å²) in [6.07, 6.45) is 0. The van der Waals surface area contributed by atoms with Gasteiger partial charge in [0.2, 0.25) is 0 Å². The first kappa shape index (κ1) is 15.3. The predicted molar refractivity (Wildman–Crippen MR) is 78.1 cm³/mol. The van der Waals surface area contributed by atoms with Gasteiger partial charge >= 0.3 is 0 Å². The summed E-state index contributed by atoms with van der Waals surface area (Å²) in [4.78, 5) is 0. The molecule has 6 heteroatoms. The molecule has 1 aromatic carbocycles. The molecule has 1 unspecified atom stereocenters. The zero-order valence-corrected chi connectivity index (χ0v) is 13.1. The smallest absolute Gasteiger partial charge is 0.152 e. The van der Waals surface area contributed by atoms with E-state index in [-0.39, 0.29) is 17.5 Å². The van der Waals surface area contributed by atoms with E-state index >= 15 is 0 Å².